The van der Waals surface area contributed by atoms with Crippen LogP contribution >= 0.6 is 15.9 Å². The fraction of sp³-hybridized carbons (Fsp3) is 0.143. The smallest absolute Gasteiger partial charge is 0.253 e. The Hall–Kier alpha value is -1.68. The number of hydrogen-bond donors (Lipinski definition) is 1. The average Bonchev–Trinajstić information content (AvgIpc) is 2.38. The van der Waals surface area contributed by atoms with Gasteiger partial charge < -0.3 is 5.32 Å². The quantitative estimate of drug-likeness (QED) is 0.947. The van der Waals surface area contributed by atoms with Crippen LogP contribution in [0.2, 0.25) is 0 Å². The summed E-state index contributed by atoms with van der Waals surface area (Å²) in [4.78, 5) is 16.1. The second-order valence-electron chi connectivity index (χ2n) is 3.91. The van der Waals surface area contributed by atoms with E-state index in [1.165, 1.54) is 0 Å². The molecule has 0 aliphatic carbocycles. The minimum Gasteiger partial charge on any atom is -0.348 e. The standard InChI is InChI=1S/C14H13BrN2O/c1-10-12(6-4-8-16-10)14(18)17-9-11-5-2-3-7-13(11)15/h2-8H,9H2,1H3,(H,17,18). The van der Waals surface area contributed by atoms with Crippen LogP contribution in [0.1, 0.15) is 21.6 Å². The van der Waals surface area contributed by atoms with Crippen LogP contribution in [0.4, 0.5) is 0 Å². The molecule has 0 bridgehead atoms. The van der Waals surface area contributed by atoms with Crippen LogP contribution in [0.5, 0.6) is 0 Å². The lowest BCUT2D eigenvalue weighted by atomic mass is 10.2. The van der Waals surface area contributed by atoms with Crippen molar-refractivity contribution in [1.82, 2.24) is 10.3 Å². The normalized spacial score (nSPS) is 10.1. The van der Waals surface area contributed by atoms with Crippen molar-refractivity contribution in [2.75, 3.05) is 0 Å². The first-order valence-corrected chi connectivity index (χ1v) is 6.41. The minimum atomic E-state index is -0.101. The Morgan fingerprint density at radius 3 is 2.78 bits per heavy atom. The van der Waals surface area contributed by atoms with E-state index in [1.807, 2.05) is 31.2 Å². The van der Waals surface area contributed by atoms with E-state index in [0.29, 0.717) is 12.1 Å². The maximum atomic E-state index is 12.0. The molecule has 1 aromatic heterocycles. The zero-order valence-corrected chi connectivity index (χ0v) is 11.6. The number of amides is 1. The fourth-order valence-corrected chi connectivity index (χ4v) is 2.06. The van der Waals surface area contributed by atoms with Gasteiger partial charge in [0.25, 0.3) is 5.91 Å². The van der Waals surface area contributed by atoms with Crippen molar-refractivity contribution < 1.29 is 4.79 Å². The monoisotopic (exact) mass is 304 g/mol. The van der Waals surface area contributed by atoms with Crippen LogP contribution in [-0.2, 0) is 6.54 Å². The van der Waals surface area contributed by atoms with Gasteiger partial charge in [0, 0.05) is 22.9 Å². The first-order chi connectivity index (χ1) is 8.68. The SMILES string of the molecule is Cc1ncccc1C(=O)NCc1ccccc1Br. The molecule has 0 spiro atoms. The molecule has 3 nitrogen and oxygen atoms in total. The fourth-order valence-electron chi connectivity index (χ4n) is 1.64. The molecule has 18 heavy (non-hydrogen) atoms. The van der Waals surface area contributed by atoms with Gasteiger partial charge in [0.15, 0.2) is 0 Å². The summed E-state index contributed by atoms with van der Waals surface area (Å²) in [5.41, 5.74) is 2.40. The number of benzene rings is 1. The lowest BCUT2D eigenvalue weighted by Gasteiger charge is -2.08. The summed E-state index contributed by atoms with van der Waals surface area (Å²) in [5, 5.41) is 2.89. The zero-order chi connectivity index (χ0) is 13.0. The van der Waals surface area contributed by atoms with Crippen LogP contribution < -0.4 is 5.32 Å². The van der Waals surface area contributed by atoms with Crippen molar-refractivity contribution >= 4 is 21.8 Å². The van der Waals surface area contributed by atoms with E-state index in [4.69, 9.17) is 0 Å². The number of halogens is 1. The molecule has 2 aromatic rings. The van der Waals surface area contributed by atoms with Gasteiger partial charge >= 0.3 is 0 Å². The van der Waals surface area contributed by atoms with Gasteiger partial charge in [-0.05, 0) is 30.7 Å². The lowest BCUT2D eigenvalue weighted by Crippen LogP contribution is -2.24. The van der Waals surface area contributed by atoms with E-state index in [1.54, 1.807) is 18.3 Å². The van der Waals surface area contributed by atoms with Crippen LogP contribution in [0.15, 0.2) is 47.1 Å². The second kappa shape index (κ2) is 5.78. The maximum absolute atomic E-state index is 12.0. The van der Waals surface area contributed by atoms with Gasteiger partial charge in [-0.3, -0.25) is 9.78 Å². The third kappa shape index (κ3) is 2.96. The highest BCUT2D eigenvalue weighted by molar-refractivity contribution is 9.10. The largest absolute Gasteiger partial charge is 0.348 e. The lowest BCUT2D eigenvalue weighted by molar-refractivity contribution is 0.0950. The van der Waals surface area contributed by atoms with E-state index >= 15 is 0 Å². The summed E-state index contributed by atoms with van der Waals surface area (Å²) < 4.78 is 0.994. The molecule has 92 valence electrons. The number of pyridine rings is 1. The van der Waals surface area contributed by atoms with Gasteiger partial charge in [0.05, 0.1) is 5.56 Å². The van der Waals surface area contributed by atoms with E-state index in [-0.39, 0.29) is 5.91 Å². The summed E-state index contributed by atoms with van der Waals surface area (Å²) in [6.07, 6.45) is 1.68. The van der Waals surface area contributed by atoms with E-state index in [0.717, 1.165) is 15.7 Å². The van der Waals surface area contributed by atoms with Crippen LogP contribution in [0.25, 0.3) is 0 Å². The molecule has 1 N–H and O–H groups in total. The average molecular weight is 305 g/mol. The summed E-state index contributed by atoms with van der Waals surface area (Å²) in [6, 6.07) is 11.4. The van der Waals surface area contributed by atoms with Gasteiger partial charge in [-0.1, -0.05) is 34.1 Å². The number of carbonyl (C=O) groups is 1. The number of carbonyl (C=O) groups excluding carboxylic acids is 1. The molecule has 1 aromatic carbocycles. The second-order valence-corrected chi connectivity index (χ2v) is 4.76. The molecule has 0 saturated heterocycles. The highest BCUT2D eigenvalue weighted by atomic mass is 79.9. The topological polar surface area (TPSA) is 42.0 Å². The molecule has 0 saturated carbocycles. The molecule has 4 heteroatoms. The summed E-state index contributed by atoms with van der Waals surface area (Å²) in [5.74, 6) is -0.101. The van der Waals surface area contributed by atoms with Crippen molar-refractivity contribution in [2.45, 2.75) is 13.5 Å². The van der Waals surface area contributed by atoms with Gasteiger partial charge in [0.1, 0.15) is 0 Å². The summed E-state index contributed by atoms with van der Waals surface area (Å²) in [6.45, 7) is 2.32. The Morgan fingerprint density at radius 2 is 2.06 bits per heavy atom. The Balaban J connectivity index is 2.06. The van der Waals surface area contributed by atoms with Crippen LogP contribution in [-0.4, -0.2) is 10.9 Å². The summed E-state index contributed by atoms with van der Waals surface area (Å²) in [7, 11) is 0. The Bertz CT molecular complexity index is 569. The van der Waals surface area contributed by atoms with E-state index < -0.39 is 0 Å². The molecule has 1 heterocycles. The molecule has 0 radical (unpaired) electrons. The van der Waals surface area contributed by atoms with Crippen molar-refractivity contribution in [3.05, 3.63) is 63.9 Å². The van der Waals surface area contributed by atoms with Crippen molar-refractivity contribution in [2.24, 2.45) is 0 Å². The van der Waals surface area contributed by atoms with Gasteiger partial charge in [0.2, 0.25) is 0 Å². The number of hydrogen-bond acceptors (Lipinski definition) is 2. The van der Waals surface area contributed by atoms with Gasteiger partial charge in [-0.2, -0.15) is 0 Å². The molecular weight excluding hydrogens is 292 g/mol. The van der Waals surface area contributed by atoms with Gasteiger partial charge in [-0.15, -0.1) is 0 Å². The van der Waals surface area contributed by atoms with Gasteiger partial charge in [-0.25, -0.2) is 0 Å². The number of aryl methyl sites for hydroxylation is 1. The molecule has 0 fully saturated rings. The van der Waals surface area contributed by atoms with E-state index in [2.05, 4.69) is 26.2 Å². The number of aromatic nitrogens is 1. The van der Waals surface area contributed by atoms with E-state index in [9.17, 15) is 4.79 Å². The number of nitrogens with zero attached hydrogens (tertiary/aromatic N) is 1. The first-order valence-electron chi connectivity index (χ1n) is 5.61. The highest BCUT2D eigenvalue weighted by Crippen LogP contribution is 2.15. The maximum Gasteiger partial charge on any atom is 0.253 e. The predicted octanol–water partition coefficient (Wildman–Crippen LogP) is 3.08. The Labute approximate surface area is 114 Å². The molecule has 0 atom stereocenters. The van der Waals surface area contributed by atoms with Crippen molar-refractivity contribution in [3.63, 3.8) is 0 Å². The Kier molecular flexibility index (Phi) is 4.10. The zero-order valence-electron chi connectivity index (χ0n) is 9.98. The van der Waals surface area contributed by atoms with Crippen molar-refractivity contribution in [1.29, 1.82) is 0 Å². The third-order valence-corrected chi connectivity index (χ3v) is 3.42. The molecule has 0 aliphatic heterocycles. The molecular formula is C14H13BrN2O. The van der Waals surface area contributed by atoms with Crippen LogP contribution in [0.3, 0.4) is 0 Å². The predicted molar refractivity (Wildman–Crippen MR) is 74.3 cm³/mol. The molecule has 1 amide bonds. The van der Waals surface area contributed by atoms with Crippen LogP contribution in [0, 0.1) is 6.92 Å². The molecule has 2 rings (SSSR count). The molecule has 0 unspecified atom stereocenters. The summed E-state index contributed by atoms with van der Waals surface area (Å²) >= 11 is 3.45. The Morgan fingerprint density at radius 1 is 1.28 bits per heavy atom. The number of rotatable bonds is 3. The third-order valence-electron chi connectivity index (χ3n) is 2.65. The number of nitrogens with one attached hydrogen (secondary N) is 1. The molecule has 0 aliphatic rings. The highest BCUT2D eigenvalue weighted by Gasteiger charge is 2.09. The van der Waals surface area contributed by atoms with Crippen molar-refractivity contribution in [3.8, 4) is 0 Å². The first kappa shape index (κ1) is 12.8. The minimum absolute atomic E-state index is 0.101.